The molecule has 1 N–H and O–H groups in total. The van der Waals surface area contributed by atoms with Gasteiger partial charge in [-0.2, -0.15) is 0 Å². The van der Waals surface area contributed by atoms with Crippen molar-refractivity contribution in [3.05, 3.63) is 89.5 Å². The molecule has 0 radical (unpaired) electrons. The molecule has 8 atom stereocenters. The van der Waals surface area contributed by atoms with Crippen molar-refractivity contribution in [2.75, 3.05) is 46.9 Å². The predicted octanol–water partition coefficient (Wildman–Crippen LogP) is 15.3. The molecule has 1 saturated heterocycles. The number of carbonyl (C=O) groups excluding carboxylic acids is 3. The second-order valence-corrected chi connectivity index (χ2v) is 47.2. The summed E-state index contributed by atoms with van der Waals surface area (Å²) in [5, 5.41) is 11.1. The van der Waals surface area contributed by atoms with E-state index in [1.165, 1.54) is 11.2 Å². The molecule has 20 heteroatoms. The summed E-state index contributed by atoms with van der Waals surface area (Å²) in [6.07, 6.45) is 10.3. The quantitative estimate of drug-likeness (QED) is 0.0344. The van der Waals surface area contributed by atoms with Gasteiger partial charge >= 0.3 is 0 Å². The molecule has 6 rings (SSSR count). The Labute approximate surface area is 564 Å². The van der Waals surface area contributed by atoms with Gasteiger partial charge in [-0.05, 0) is 164 Å². The van der Waals surface area contributed by atoms with E-state index in [2.05, 4.69) is 121 Å². The van der Waals surface area contributed by atoms with Crippen molar-refractivity contribution in [3.8, 4) is 29.6 Å². The monoisotopic (exact) mass is 1370 g/mol. The number of aldehydes is 1. The highest BCUT2D eigenvalue weighted by Crippen LogP contribution is 2.70. The molecule has 1 spiro atoms. The van der Waals surface area contributed by atoms with Gasteiger partial charge in [0.05, 0.1) is 89.7 Å². The van der Waals surface area contributed by atoms with E-state index in [1.54, 1.807) is 21.3 Å². The molecule has 0 aromatic heterocycles. The topological polar surface area (TPSA) is 192 Å². The number of aliphatic hydroxyl groups is 1. The van der Waals surface area contributed by atoms with Gasteiger partial charge in [-0.25, -0.2) is 12.7 Å². The zero-order valence-electron chi connectivity index (χ0n) is 60.7. The summed E-state index contributed by atoms with van der Waals surface area (Å²) >= 11 is 0. The van der Waals surface area contributed by atoms with Gasteiger partial charge in [0.25, 0.3) is 0 Å². The van der Waals surface area contributed by atoms with Crippen LogP contribution in [-0.4, -0.2) is 138 Å². The number of methoxy groups -OCH3 is 3. The molecule has 3 fully saturated rings. The van der Waals surface area contributed by atoms with Crippen LogP contribution >= 0.6 is 0 Å². The number of terminal acetylenes is 1. The average Bonchev–Trinajstić information content (AvgIpc) is 1.51. The first kappa shape index (κ1) is 81.2. The Morgan fingerprint density at radius 1 is 0.656 bits per heavy atom. The zero-order valence-corrected chi connectivity index (χ0v) is 64.5. The van der Waals surface area contributed by atoms with E-state index >= 15 is 0 Å². The van der Waals surface area contributed by atoms with Crippen molar-refractivity contribution in [2.45, 2.75) is 252 Å². The summed E-state index contributed by atoms with van der Waals surface area (Å²) in [6.45, 7) is 42.0. The molecule has 2 saturated carbocycles. The Hall–Kier alpha value is -4.25. The van der Waals surface area contributed by atoms with E-state index in [4.69, 9.17) is 48.1 Å². The summed E-state index contributed by atoms with van der Waals surface area (Å²) in [6, 6.07) is 22.9. The van der Waals surface area contributed by atoms with Crippen LogP contribution in [0.2, 0.25) is 54.4 Å². The molecule has 3 aromatic rings. The number of carbonyl (C=O) groups is 3. The maximum Gasteiger partial charge on any atom is 0.238 e. The normalized spacial score (nSPS) is 20.1. The van der Waals surface area contributed by atoms with E-state index in [1.807, 2.05) is 72.8 Å². The highest BCUT2D eigenvalue weighted by Gasteiger charge is 2.72. The lowest BCUT2D eigenvalue weighted by Crippen LogP contribution is -2.45. The predicted molar refractivity (Wildman–Crippen MR) is 380 cm³/mol. The minimum Gasteiger partial charge on any atom is -0.497 e. The number of benzene rings is 3. The van der Waals surface area contributed by atoms with E-state index in [0.717, 1.165) is 65.9 Å². The molecule has 2 bridgehead atoms. The van der Waals surface area contributed by atoms with Crippen LogP contribution < -0.4 is 14.2 Å². The molecule has 16 nitrogen and oxygen atoms in total. The van der Waals surface area contributed by atoms with Crippen LogP contribution in [-0.2, 0) is 71.7 Å². The average molecular weight is 1370 g/mol. The van der Waals surface area contributed by atoms with Crippen LogP contribution in [0.3, 0.4) is 0 Å². The molecular formula is C73H119NO15SSi3. The zero-order chi connectivity index (χ0) is 70.0. The third-order valence-electron chi connectivity index (χ3n) is 21.3. The first-order chi connectivity index (χ1) is 43.1. The maximum absolute atomic E-state index is 13.7. The van der Waals surface area contributed by atoms with Crippen molar-refractivity contribution in [2.24, 2.45) is 22.7 Å². The van der Waals surface area contributed by atoms with Gasteiger partial charge in [0.2, 0.25) is 15.9 Å². The molecule has 1 aliphatic heterocycles. The fourth-order valence-electron chi connectivity index (χ4n) is 11.7. The number of fused-ring (bicyclic) bond motifs is 1. The largest absolute Gasteiger partial charge is 0.497 e. The van der Waals surface area contributed by atoms with E-state index < -0.39 is 53.1 Å². The number of ether oxygens (including phenoxy) is 6. The summed E-state index contributed by atoms with van der Waals surface area (Å²) in [5.41, 5.74) is 2.66. The molecule has 2 aliphatic carbocycles. The van der Waals surface area contributed by atoms with E-state index in [0.29, 0.717) is 71.2 Å². The number of amides is 1. The van der Waals surface area contributed by atoms with Crippen LogP contribution in [0.5, 0.6) is 17.2 Å². The van der Waals surface area contributed by atoms with Crippen LogP contribution in [0.4, 0.5) is 0 Å². The van der Waals surface area contributed by atoms with Crippen molar-refractivity contribution >= 4 is 53.0 Å². The molecule has 1 heterocycles. The third kappa shape index (κ3) is 22.9. The van der Waals surface area contributed by atoms with Crippen molar-refractivity contribution in [1.29, 1.82) is 0 Å². The number of ketones is 1. The van der Waals surface area contributed by atoms with Crippen molar-refractivity contribution in [1.82, 2.24) is 4.31 Å². The van der Waals surface area contributed by atoms with Gasteiger partial charge in [-0.3, -0.25) is 9.59 Å². The first-order valence-electron chi connectivity index (χ1n) is 33.4. The third-order valence-corrected chi connectivity index (χ3v) is 36.9. The lowest BCUT2D eigenvalue weighted by atomic mass is 9.69. The Morgan fingerprint density at radius 3 is 1.39 bits per heavy atom. The lowest BCUT2D eigenvalue weighted by Gasteiger charge is -2.37. The molecule has 3 unspecified atom stereocenters. The van der Waals surface area contributed by atoms with Crippen molar-refractivity contribution in [3.63, 3.8) is 0 Å². The van der Waals surface area contributed by atoms with E-state index in [9.17, 15) is 27.9 Å². The molecule has 524 valence electrons. The minimum atomic E-state index is -3.65. The van der Waals surface area contributed by atoms with Gasteiger partial charge < -0.3 is 51.6 Å². The van der Waals surface area contributed by atoms with Gasteiger partial charge in [-0.15, -0.1) is 12.3 Å². The lowest BCUT2D eigenvalue weighted by molar-refractivity contribution is -0.132. The van der Waals surface area contributed by atoms with Gasteiger partial charge in [0.1, 0.15) is 29.3 Å². The minimum absolute atomic E-state index is 0.0356. The smallest absolute Gasteiger partial charge is 0.238 e. The SMILES string of the molecule is C#CC[C@@H](C(C)=O)C(O)C[C@@H](CCO[Si](C)(C)C(C)(C)C)OCc1ccc(OC)cc1.COc1ccc(CO[C@@H](CC=O)CCO[Si](C)(C)C(C)(C)C)cc1.COc1ccc(CO[C@H](CCO[Si](C)(C)C(C)(C)C)CC(=O)N2C3CC4CC[C@]3(CS2(=O)=O)C4(C)C)cc1. The number of sulfonamides is 1. The van der Waals surface area contributed by atoms with Crippen LogP contribution in [0, 0.1) is 35.0 Å². The molecular weight excluding hydrogens is 1250 g/mol. The molecule has 93 heavy (non-hydrogen) atoms. The Bertz CT molecular complexity index is 2950. The fraction of sp³-hybridized carbons (Fsp3) is 0.685. The van der Waals surface area contributed by atoms with Crippen LogP contribution in [0.15, 0.2) is 72.8 Å². The summed E-state index contributed by atoms with van der Waals surface area (Å²) in [7, 11) is -4.33. The van der Waals surface area contributed by atoms with Gasteiger partial charge in [0, 0.05) is 44.5 Å². The molecule has 3 aliphatic rings. The summed E-state index contributed by atoms with van der Waals surface area (Å²) < 4.78 is 80.9. The molecule has 1 amide bonds. The number of nitrogens with zero attached hydrogens (tertiary/aromatic N) is 1. The second-order valence-electron chi connectivity index (χ2n) is 30.9. The van der Waals surface area contributed by atoms with Crippen LogP contribution in [0.1, 0.15) is 164 Å². The highest BCUT2D eigenvalue weighted by atomic mass is 32.2. The van der Waals surface area contributed by atoms with Gasteiger partial charge in [-0.1, -0.05) is 113 Å². The fourth-order valence-corrected chi connectivity index (χ4v) is 17.4. The maximum atomic E-state index is 13.7. The van der Waals surface area contributed by atoms with Crippen LogP contribution in [0.25, 0.3) is 0 Å². The second kappa shape index (κ2) is 34.8. The summed E-state index contributed by atoms with van der Waals surface area (Å²) in [5.74, 6) is 4.44. The number of hydrogen-bond donors (Lipinski definition) is 1. The number of rotatable bonds is 33. The highest BCUT2D eigenvalue weighted by molar-refractivity contribution is 7.90. The number of aliphatic hydroxyl groups excluding tert-OH is 1. The van der Waals surface area contributed by atoms with Crippen molar-refractivity contribution < 1.29 is 69.6 Å². The Balaban J connectivity index is 0.000000306. The number of hydrogen-bond acceptors (Lipinski definition) is 15. The first-order valence-corrected chi connectivity index (χ1v) is 43.7. The van der Waals surface area contributed by atoms with Gasteiger partial charge in [0.15, 0.2) is 25.0 Å². The molecule has 3 aromatic carbocycles. The number of Topliss-reactive ketones (excluding diaryl/α,β-unsaturated/α-hetero) is 1. The standard InChI is InChI=1S/C29H47NO6SSi.C25H40O5Si.C19H32O4Si/c1-27(2,3)38(7,8)36-16-14-24(35-19-21-9-11-23(34-6)12-10-21)18-26(31)30-25-17-22-13-15-29(25,28(22,4)5)20-37(30,32)33;1-9-10-23(19(2)26)24(27)17-22(15-16-30-31(7,8)25(3,4)5)29-18-20-11-13-21(28-6)14-12-20;1-19(2,3)24(5,6)23-14-12-18(11-13-20)22-15-16-7-9-17(21-4)10-8-16/h9-12,22,24-25H,13-20H2,1-8H3;1,11-14,22-24,27H,10,15-18H2,2-8H3;7-10,13,18H,11-12,14-15H2,1-6H3/t22?,24-,25?,29-;22-,23+,24?;18-/m110/s1. The van der Waals surface area contributed by atoms with E-state index in [-0.39, 0.29) is 74.5 Å². The summed E-state index contributed by atoms with van der Waals surface area (Å²) in [4.78, 5) is 36.6. The Kier molecular flexibility index (Phi) is 30.4. The Morgan fingerprint density at radius 2 is 1.03 bits per heavy atom.